The molecule has 0 aliphatic carbocycles. The lowest BCUT2D eigenvalue weighted by molar-refractivity contribution is 0.411. The number of allylic oxidation sites excluding steroid dienone is 2. The Bertz CT molecular complexity index is 486. The van der Waals surface area contributed by atoms with Crippen molar-refractivity contribution in [2.45, 2.75) is 33.1 Å². The van der Waals surface area contributed by atoms with Crippen LogP contribution in [-0.2, 0) is 0 Å². The van der Waals surface area contributed by atoms with Crippen LogP contribution in [0.3, 0.4) is 0 Å². The van der Waals surface area contributed by atoms with Crippen LogP contribution in [0, 0.1) is 5.41 Å². The highest BCUT2D eigenvalue weighted by atomic mass is 16.5. The van der Waals surface area contributed by atoms with Crippen molar-refractivity contribution in [3.8, 4) is 5.75 Å². The molecule has 1 atom stereocenters. The van der Waals surface area contributed by atoms with E-state index in [2.05, 4.69) is 50.2 Å². The zero-order chi connectivity index (χ0) is 13.2. The van der Waals surface area contributed by atoms with Gasteiger partial charge in [-0.25, -0.2) is 0 Å². The summed E-state index contributed by atoms with van der Waals surface area (Å²) in [6.07, 6.45) is 7.65. The number of hydrogen-bond donors (Lipinski definition) is 0. The Morgan fingerprint density at radius 1 is 1.39 bits per heavy atom. The van der Waals surface area contributed by atoms with E-state index in [1.807, 2.05) is 12.1 Å². The third-order valence-electron chi connectivity index (χ3n) is 3.47. The van der Waals surface area contributed by atoms with Crippen molar-refractivity contribution in [3.05, 3.63) is 35.9 Å². The second-order valence-electron chi connectivity index (χ2n) is 5.32. The van der Waals surface area contributed by atoms with Crippen LogP contribution in [0.15, 0.2) is 35.3 Å². The number of benzene rings is 1. The fourth-order valence-electron chi connectivity index (χ4n) is 2.37. The topological polar surface area (TPSA) is 21.6 Å². The van der Waals surface area contributed by atoms with Gasteiger partial charge in [0.15, 0.2) is 0 Å². The molecule has 1 unspecified atom stereocenters. The summed E-state index contributed by atoms with van der Waals surface area (Å²) in [5, 5.41) is 0. The molecule has 18 heavy (non-hydrogen) atoms. The molecule has 2 nitrogen and oxygen atoms in total. The Labute approximate surface area is 109 Å². The lowest BCUT2D eigenvalue weighted by Crippen LogP contribution is -2.25. The van der Waals surface area contributed by atoms with E-state index in [1.54, 1.807) is 7.11 Å². The van der Waals surface area contributed by atoms with Gasteiger partial charge in [0.05, 0.1) is 12.8 Å². The average molecular weight is 243 g/mol. The summed E-state index contributed by atoms with van der Waals surface area (Å²) in [4.78, 5) is 4.57. The van der Waals surface area contributed by atoms with Gasteiger partial charge in [0, 0.05) is 17.5 Å². The highest BCUT2D eigenvalue weighted by Gasteiger charge is 2.32. The summed E-state index contributed by atoms with van der Waals surface area (Å²) in [5.74, 6) is 1.26. The quantitative estimate of drug-likeness (QED) is 0.717. The van der Waals surface area contributed by atoms with Crippen molar-refractivity contribution in [2.75, 3.05) is 7.11 Å². The molecule has 2 rings (SSSR count). The van der Waals surface area contributed by atoms with E-state index in [4.69, 9.17) is 4.74 Å². The normalized spacial score (nSPS) is 21.0. The number of rotatable bonds is 3. The van der Waals surface area contributed by atoms with Crippen LogP contribution >= 0.6 is 0 Å². The van der Waals surface area contributed by atoms with E-state index in [0.717, 1.165) is 17.9 Å². The fourth-order valence-corrected chi connectivity index (χ4v) is 2.37. The second kappa shape index (κ2) is 4.97. The van der Waals surface area contributed by atoms with Gasteiger partial charge in [-0.15, -0.1) is 0 Å². The van der Waals surface area contributed by atoms with E-state index in [1.165, 1.54) is 5.56 Å². The van der Waals surface area contributed by atoms with Gasteiger partial charge in [-0.1, -0.05) is 32.9 Å². The minimum Gasteiger partial charge on any atom is -0.497 e. The molecule has 0 spiro atoms. The molecule has 0 N–H and O–H groups in total. The van der Waals surface area contributed by atoms with Gasteiger partial charge < -0.3 is 4.74 Å². The molecule has 0 bridgehead atoms. The molecule has 1 aromatic carbocycles. The molecule has 0 aromatic heterocycles. The van der Waals surface area contributed by atoms with Crippen LogP contribution in [0.25, 0.3) is 0 Å². The van der Waals surface area contributed by atoms with Gasteiger partial charge in [0.1, 0.15) is 5.75 Å². The Kier molecular flexibility index (Phi) is 3.55. The van der Waals surface area contributed by atoms with Gasteiger partial charge in [-0.2, -0.15) is 0 Å². The molecular weight excluding hydrogens is 222 g/mol. The maximum absolute atomic E-state index is 5.33. The Morgan fingerprint density at radius 3 is 2.83 bits per heavy atom. The molecule has 0 radical (unpaired) electrons. The Balaban J connectivity index is 2.50. The van der Waals surface area contributed by atoms with Gasteiger partial charge in [0.25, 0.3) is 0 Å². The monoisotopic (exact) mass is 243 g/mol. The Morgan fingerprint density at radius 2 is 2.17 bits per heavy atom. The zero-order valence-electron chi connectivity index (χ0n) is 11.6. The summed E-state index contributed by atoms with van der Waals surface area (Å²) in [6.45, 7) is 6.61. The molecule has 1 aromatic rings. The number of fused-ring (bicyclic) bond motifs is 1. The lowest BCUT2D eigenvalue weighted by Gasteiger charge is -2.33. The molecule has 0 saturated heterocycles. The van der Waals surface area contributed by atoms with Crippen molar-refractivity contribution >= 4 is 11.9 Å². The summed E-state index contributed by atoms with van der Waals surface area (Å²) in [6, 6.07) is 6.11. The van der Waals surface area contributed by atoms with Gasteiger partial charge >= 0.3 is 0 Å². The van der Waals surface area contributed by atoms with Crippen molar-refractivity contribution in [2.24, 2.45) is 10.4 Å². The second-order valence-corrected chi connectivity index (χ2v) is 5.32. The number of nitrogens with zero attached hydrogens (tertiary/aromatic N) is 1. The average Bonchev–Trinajstić information content (AvgIpc) is 2.36. The summed E-state index contributed by atoms with van der Waals surface area (Å²) in [7, 11) is 1.70. The first kappa shape index (κ1) is 12.9. The molecule has 0 fully saturated rings. The van der Waals surface area contributed by atoms with Crippen LogP contribution in [0.4, 0.5) is 5.69 Å². The first-order valence-corrected chi connectivity index (χ1v) is 6.48. The minimum atomic E-state index is 0.0467. The van der Waals surface area contributed by atoms with Crippen LogP contribution < -0.4 is 4.74 Å². The maximum Gasteiger partial charge on any atom is 0.119 e. The first-order valence-electron chi connectivity index (χ1n) is 6.48. The number of hydrogen-bond acceptors (Lipinski definition) is 2. The number of methoxy groups -OCH3 is 1. The molecule has 1 aliphatic heterocycles. The van der Waals surface area contributed by atoms with Crippen LogP contribution in [0.2, 0.25) is 0 Å². The molecule has 96 valence electrons. The van der Waals surface area contributed by atoms with Crippen molar-refractivity contribution in [1.82, 2.24) is 0 Å². The predicted octanol–water partition coefficient (Wildman–Crippen LogP) is 4.49. The van der Waals surface area contributed by atoms with Crippen molar-refractivity contribution in [1.29, 1.82) is 0 Å². The van der Waals surface area contributed by atoms with Gasteiger partial charge in [-0.05, 0) is 30.2 Å². The van der Waals surface area contributed by atoms with E-state index in [0.29, 0.717) is 5.92 Å². The SMILES string of the molecule is CC/C=C/C1c2cc(OC)ccc2N=CC1(C)C. The summed E-state index contributed by atoms with van der Waals surface area (Å²) >= 11 is 0. The predicted molar refractivity (Wildman–Crippen MR) is 77.1 cm³/mol. The molecule has 0 saturated carbocycles. The number of aliphatic imine (C=N–C) groups is 1. The largest absolute Gasteiger partial charge is 0.497 e. The Hall–Kier alpha value is -1.57. The van der Waals surface area contributed by atoms with E-state index >= 15 is 0 Å². The van der Waals surface area contributed by atoms with Gasteiger partial charge in [0.2, 0.25) is 0 Å². The third-order valence-corrected chi connectivity index (χ3v) is 3.47. The molecule has 1 heterocycles. The summed E-state index contributed by atoms with van der Waals surface area (Å²) < 4.78 is 5.33. The highest BCUT2D eigenvalue weighted by Crippen LogP contribution is 2.44. The summed E-state index contributed by atoms with van der Waals surface area (Å²) in [5.41, 5.74) is 2.36. The highest BCUT2D eigenvalue weighted by molar-refractivity contribution is 5.77. The third kappa shape index (κ3) is 2.33. The molecule has 0 amide bonds. The fraction of sp³-hybridized carbons (Fsp3) is 0.438. The standard InChI is InChI=1S/C16H21NO/c1-5-6-7-14-13-10-12(18-4)8-9-15(13)17-11-16(14,2)3/h6-11,14H,5H2,1-4H3/b7-6+. The zero-order valence-corrected chi connectivity index (χ0v) is 11.6. The maximum atomic E-state index is 5.33. The van der Waals surface area contributed by atoms with E-state index < -0.39 is 0 Å². The molecule has 1 aliphatic rings. The lowest BCUT2D eigenvalue weighted by atomic mass is 9.73. The van der Waals surface area contributed by atoms with Crippen LogP contribution in [0.1, 0.15) is 38.7 Å². The van der Waals surface area contributed by atoms with Gasteiger partial charge in [-0.3, -0.25) is 4.99 Å². The number of ether oxygens (including phenoxy) is 1. The first-order chi connectivity index (χ1) is 8.58. The van der Waals surface area contributed by atoms with Crippen LogP contribution in [-0.4, -0.2) is 13.3 Å². The van der Waals surface area contributed by atoms with Crippen LogP contribution in [0.5, 0.6) is 5.75 Å². The molecular formula is C16H21NO. The van der Waals surface area contributed by atoms with E-state index in [9.17, 15) is 0 Å². The van der Waals surface area contributed by atoms with E-state index in [-0.39, 0.29) is 5.41 Å². The van der Waals surface area contributed by atoms with Crippen molar-refractivity contribution in [3.63, 3.8) is 0 Å². The molecule has 2 heteroatoms. The smallest absolute Gasteiger partial charge is 0.119 e. The minimum absolute atomic E-state index is 0.0467. The van der Waals surface area contributed by atoms with Crippen molar-refractivity contribution < 1.29 is 4.74 Å².